The van der Waals surface area contributed by atoms with E-state index in [1.54, 1.807) is 0 Å². The average Bonchev–Trinajstić information content (AvgIpc) is 2.66. The van der Waals surface area contributed by atoms with Crippen LogP contribution in [0.15, 0.2) is 5.18 Å². The number of hydrogen-bond acceptors (Lipinski definition) is 6. The lowest BCUT2D eigenvalue weighted by atomic mass is 9.91. The van der Waals surface area contributed by atoms with Gasteiger partial charge in [0.1, 0.15) is 6.54 Å². The van der Waals surface area contributed by atoms with Crippen LogP contribution >= 0.6 is 0 Å². The highest BCUT2D eigenvalue weighted by molar-refractivity contribution is 4.61. The molecule has 6 heteroatoms. The molecule has 0 aromatic carbocycles. The fourth-order valence-electron chi connectivity index (χ4n) is 3.75. The van der Waals surface area contributed by atoms with Crippen molar-refractivity contribution in [2.75, 3.05) is 19.8 Å². The van der Waals surface area contributed by atoms with Crippen LogP contribution in [0.5, 0.6) is 0 Å². The van der Waals surface area contributed by atoms with E-state index in [2.05, 4.69) is 39.8 Å². The first-order valence-electron chi connectivity index (χ1n) is 12.1. The Hall–Kier alpha value is -0.560. The Morgan fingerprint density at radius 1 is 0.667 bits per heavy atom. The van der Waals surface area contributed by atoms with Gasteiger partial charge < -0.3 is 19.7 Å². The molecule has 0 radical (unpaired) electrons. The summed E-state index contributed by atoms with van der Waals surface area (Å²) in [5.74, 6) is 2.99. The van der Waals surface area contributed by atoms with E-state index in [0.717, 1.165) is 30.6 Å². The van der Waals surface area contributed by atoms with Crippen molar-refractivity contribution >= 4 is 0 Å². The molecule has 4 unspecified atom stereocenters. The van der Waals surface area contributed by atoms with E-state index in [4.69, 9.17) is 9.47 Å². The molecule has 30 heavy (non-hydrogen) atoms. The predicted octanol–water partition coefficient (Wildman–Crippen LogP) is 5.89. The quantitative estimate of drug-likeness (QED) is 0.134. The molecule has 2 N–H and O–H groups in total. The summed E-state index contributed by atoms with van der Waals surface area (Å²) >= 11 is 0. The molecule has 6 nitrogen and oxygen atoms in total. The fourth-order valence-corrected chi connectivity index (χ4v) is 3.75. The van der Waals surface area contributed by atoms with E-state index in [9.17, 15) is 15.1 Å². The number of hydrogen-bond donors (Lipinski definition) is 2. The second kappa shape index (κ2) is 19.1. The molecule has 0 amide bonds. The van der Waals surface area contributed by atoms with Gasteiger partial charge in [0.25, 0.3) is 0 Å². The van der Waals surface area contributed by atoms with E-state index >= 15 is 0 Å². The Morgan fingerprint density at radius 2 is 1.10 bits per heavy atom. The molecule has 0 rings (SSSR count). The molecule has 0 spiro atoms. The van der Waals surface area contributed by atoms with Gasteiger partial charge in [0.15, 0.2) is 0 Å². The van der Waals surface area contributed by atoms with Gasteiger partial charge in [-0.1, -0.05) is 97.6 Å². The molecule has 0 aliphatic heterocycles. The van der Waals surface area contributed by atoms with Crippen LogP contribution in [-0.4, -0.2) is 42.6 Å². The maximum atomic E-state index is 10.1. The molecule has 0 aromatic heterocycles. The maximum absolute atomic E-state index is 10.1. The number of aliphatic hydroxyl groups is 2. The van der Waals surface area contributed by atoms with Crippen LogP contribution in [0.3, 0.4) is 0 Å². The second-order valence-electron chi connectivity index (χ2n) is 9.67. The summed E-state index contributed by atoms with van der Waals surface area (Å²) < 4.78 is 10.5. The lowest BCUT2D eigenvalue weighted by Crippen LogP contribution is -2.32. The van der Waals surface area contributed by atoms with Crippen molar-refractivity contribution in [3.8, 4) is 0 Å². The van der Waals surface area contributed by atoms with Gasteiger partial charge in [0.05, 0.1) is 13.2 Å². The Kier molecular flexibility index (Phi) is 18.8. The molecule has 4 atom stereocenters. The van der Waals surface area contributed by atoms with Crippen LogP contribution in [0, 0.1) is 28.6 Å². The highest BCUT2D eigenvalue weighted by atomic mass is 16.7. The van der Waals surface area contributed by atoms with Crippen molar-refractivity contribution in [2.24, 2.45) is 28.8 Å². The van der Waals surface area contributed by atoms with Crippen LogP contribution in [0.4, 0.5) is 0 Å². The SMILES string of the molecule is CC(C)CCCC(C)CCCC(C)CCCC(C)CCOC(OCCN=O)C(O)O. The molecule has 0 heterocycles. The van der Waals surface area contributed by atoms with Gasteiger partial charge in [-0.2, -0.15) is 4.91 Å². The van der Waals surface area contributed by atoms with Gasteiger partial charge in [-0.05, 0) is 30.1 Å². The van der Waals surface area contributed by atoms with Crippen LogP contribution in [0.1, 0.15) is 98.8 Å². The third-order valence-corrected chi connectivity index (χ3v) is 5.87. The Labute approximate surface area is 185 Å². The molecule has 0 fully saturated rings. The lowest BCUT2D eigenvalue weighted by molar-refractivity contribution is -0.253. The van der Waals surface area contributed by atoms with E-state index in [1.165, 1.54) is 51.4 Å². The monoisotopic (exact) mass is 431 g/mol. The molecule has 0 bridgehead atoms. The summed E-state index contributed by atoms with van der Waals surface area (Å²) in [6.07, 6.45) is 9.80. The molecule has 0 saturated heterocycles. The van der Waals surface area contributed by atoms with Crippen molar-refractivity contribution < 1.29 is 19.7 Å². The van der Waals surface area contributed by atoms with Gasteiger partial charge in [0.2, 0.25) is 12.6 Å². The summed E-state index contributed by atoms with van der Waals surface area (Å²) in [5, 5.41) is 21.2. The first-order chi connectivity index (χ1) is 14.3. The zero-order valence-corrected chi connectivity index (χ0v) is 20.2. The third-order valence-electron chi connectivity index (χ3n) is 5.87. The molecule has 0 aliphatic rings. The van der Waals surface area contributed by atoms with Crippen LogP contribution in [0.25, 0.3) is 0 Å². The first kappa shape index (κ1) is 29.4. The molecular weight excluding hydrogens is 382 g/mol. The Morgan fingerprint density at radius 3 is 1.53 bits per heavy atom. The average molecular weight is 432 g/mol. The minimum Gasteiger partial charge on any atom is -0.364 e. The normalized spacial score (nSPS) is 16.0. The van der Waals surface area contributed by atoms with Crippen molar-refractivity contribution in [3.05, 3.63) is 4.91 Å². The van der Waals surface area contributed by atoms with Crippen LogP contribution in [-0.2, 0) is 9.47 Å². The fraction of sp³-hybridized carbons (Fsp3) is 1.00. The van der Waals surface area contributed by atoms with Crippen molar-refractivity contribution in [1.29, 1.82) is 0 Å². The molecule has 0 aliphatic carbocycles. The largest absolute Gasteiger partial charge is 0.364 e. The van der Waals surface area contributed by atoms with Crippen LogP contribution in [0.2, 0.25) is 0 Å². The van der Waals surface area contributed by atoms with Gasteiger partial charge in [0, 0.05) is 0 Å². The van der Waals surface area contributed by atoms with Crippen molar-refractivity contribution in [3.63, 3.8) is 0 Å². The lowest BCUT2D eigenvalue weighted by Gasteiger charge is -2.21. The van der Waals surface area contributed by atoms with Crippen LogP contribution < -0.4 is 0 Å². The smallest absolute Gasteiger partial charge is 0.209 e. The van der Waals surface area contributed by atoms with Gasteiger partial charge >= 0.3 is 0 Å². The molecular formula is C24H49NO5. The van der Waals surface area contributed by atoms with E-state index < -0.39 is 12.6 Å². The zero-order valence-electron chi connectivity index (χ0n) is 20.2. The van der Waals surface area contributed by atoms with E-state index in [-0.39, 0.29) is 13.2 Å². The van der Waals surface area contributed by atoms with Gasteiger partial charge in [-0.3, -0.25) is 0 Å². The summed E-state index contributed by atoms with van der Waals surface area (Å²) in [5.41, 5.74) is 0. The maximum Gasteiger partial charge on any atom is 0.209 e. The third kappa shape index (κ3) is 18.2. The number of aliphatic hydroxyl groups excluding tert-OH is 1. The first-order valence-corrected chi connectivity index (χ1v) is 12.1. The van der Waals surface area contributed by atoms with Crippen molar-refractivity contribution in [1.82, 2.24) is 0 Å². The Balaban J connectivity index is 3.74. The minimum atomic E-state index is -1.72. The summed E-state index contributed by atoms with van der Waals surface area (Å²) in [7, 11) is 0. The van der Waals surface area contributed by atoms with Crippen molar-refractivity contribution in [2.45, 2.75) is 111 Å². The topological polar surface area (TPSA) is 88.4 Å². The number of nitroso groups, excluding NO2 is 1. The minimum absolute atomic E-state index is 0.0238. The second-order valence-corrected chi connectivity index (χ2v) is 9.67. The predicted molar refractivity (Wildman–Crippen MR) is 123 cm³/mol. The molecule has 180 valence electrons. The summed E-state index contributed by atoms with van der Waals surface area (Å²) in [6, 6.07) is 0. The van der Waals surface area contributed by atoms with Gasteiger partial charge in [-0.15, -0.1) is 0 Å². The Bertz CT molecular complexity index is 392. The number of ether oxygens (including phenoxy) is 2. The molecule has 0 saturated carbocycles. The standard InChI is InChI=1S/C24H49NO5/c1-19(2)9-6-10-20(3)11-7-12-21(4)13-8-14-22(5)15-17-29-24(23(26)27)30-18-16-25-28/h19-24,26-27H,6-18H2,1-5H3. The molecule has 0 aromatic rings. The number of rotatable bonds is 21. The summed E-state index contributed by atoms with van der Waals surface area (Å²) in [6.45, 7) is 12.0. The van der Waals surface area contributed by atoms with E-state index in [0.29, 0.717) is 12.5 Å². The zero-order chi connectivity index (χ0) is 22.8. The highest BCUT2D eigenvalue weighted by Crippen LogP contribution is 2.22. The van der Waals surface area contributed by atoms with E-state index in [1.807, 2.05) is 0 Å². The number of nitrogens with zero attached hydrogens (tertiary/aromatic N) is 1. The van der Waals surface area contributed by atoms with Gasteiger partial charge in [-0.25, -0.2) is 0 Å². The highest BCUT2D eigenvalue weighted by Gasteiger charge is 2.18. The summed E-state index contributed by atoms with van der Waals surface area (Å²) in [4.78, 5) is 10.1.